The quantitative estimate of drug-likeness (QED) is 0.872. The van der Waals surface area contributed by atoms with Crippen molar-refractivity contribution in [2.75, 3.05) is 44.6 Å². The number of nitrogens with zero attached hydrogens (tertiary/aromatic N) is 2. The number of benzene rings is 1. The summed E-state index contributed by atoms with van der Waals surface area (Å²) in [5.41, 5.74) is 2.19. The first-order valence-corrected chi connectivity index (χ1v) is 8.04. The lowest BCUT2D eigenvalue weighted by molar-refractivity contribution is -0.116. The number of piperazine rings is 1. The maximum absolute atomic E-state index is 12.0. The lowest BCUT2D eigenvalue weighted by atomic mass is 10.1. The molecule has 116 valence electrons. The summed E-state index contributed by atoms with van der Waals surface area (Å²) < 4.78 is 0. The van der Waals surface area contributed by atoms with Crippen LogP contribution in [0, 0.1) is 0 Å². The van der Waals surface area contributed by atoms with Crippen molar-refractivity contribution in [2.24, 2.45) is 0 Å². The average Bonchev–Trinajstić information content (AvgIpc) is 2.54. The van der Waals surface area contributed by atoms with Gasteiger partial charge in [0.05, 0.1) is 0 Å². The van der Waals surface area contributed by atoms with Crippen molar-refractivity contribution in [1.82, 2.24) is 9.80 Å². The average molecular weight is 289 g/mol. The number of amides is 1. The van der Waals surface area contributed by atoms with Crippen LogP contribution in [0.3, 0.4) is 0 Å². The van der Waals surface area contributed by atoms with E-state index in [1.165, 1.54) is 5.56 Å². The summed E-state index contributed by atoms with van der Waals surface area (Å²) >= 11 is 0. The Kier molecular flexibility index (Phi) is 6.21. The van der Waals surface area contributed by atoms with Crippen molar-refractivity contribution in [3.63, 3.8) is 0 Å². The van der Waals surface area contributed by atoms with Crippen LogP contribution in [0.2, 0.25) is 0 Å². The number of likely N-dealkylation sites (N-methyl/N-ethyl adjacent to an activating group) is 1. The van der Waals surface area contributed by atoms with E-state index >= 15 is 0 Å². The Morgan fingerprint density at radius 3 is 2.24 bits per heavy atom. The number of carbonyl (C=O) groups is 1. The Balaban J connectivity index is 1.69. The fourth-order valence-electron chi connectivity index (χ4n) is 2.64. The van der Waals surface area contributed by atoms with Crippen LogP contribution in [0.5, 0.6) is 0 Å². The molecule has 4 heteroatoms. The van der Waals surface area contributed by atoms with E-state index in [2.05, 4.69) is 41.1 Å². The molecule has 0 aliphatic carbocycles. The van der Waals surface area contributed by atoms with Crippen molar-refractivity contribution in [3.05, 3.63) is 29.8 Å². The fourth-order valence-corrected chi connectivity index (χ4v) is 2.64. The highest BCUT2D eigenvalue weighted by Crippen LogP contribution is 2.10. The van der Waals surface area contributed by atoms with Crippen LogP contribution in [0.25, 0.3) is 0 Å². The molecule has 1 aromatic rings. The molecule has 1 saturated heterocycles. The van der Waals surface area contributed by atoms with E-state index < -0.39 is 0 Å². The highest BCUT2D eigenvalue weighted by atomic mass is 16.1. The van der Waals surface area contributed by atoms with Crippen molar-refractivity contribution < 1.29 is 4.79 Å². The largest absolute Gasteiger partial charge is 0.326 e. The van der Waals surface area contributed by atoms with Gasteiger partial charge in [-0.15, -0.1) is 0 Å². The van der Waals surface area contributed by atoms with Crippen LogP contribution >= 0.6 is 0 Å². The first kappa shape index (κ1) is 16.0. The molecule has 1 heterocycles. The zero-order valence-electron chi connectivity index (χ0n) is 13.3. The number of hydrogen-bond donors (Lipinski definition) is 1. The minimum absolute atomic E-state index is 0.108. The Labute approximate surface area is 128 Å². The van der Waals surface area contributed by atoms with E-state index in [0.717, 1.165) is 51.4 Å². The zero-order chi connectivity index (χ0) is 15.1. The summed E-state index contributed by atoms with van der Waals surface area (Å²) in [5.74, 6) is 0.108. The lowest BCUT2D eigenvalue weighted by Crippen LogP contribution is -2.46. The summed E-state index contributed by atoms with van der Waals surface area (Å²) in [4.78, 5) is 16.8. The summed E-state index contributed by atoms with van der Waals surface area (Å²) in [6, 6.07) is 8.10. The number of carbonyl (C=O) groups excluding carboxylic acids is 1. The molecule has 0 spiro atoms. The van der Waals surface area contributed by atoms with Crippen molar-refractivity contribution in [3.8, 4) is 0 Å². The van der Waals surface area contributed by atoms with Crippen molar-refractivity contribution >= 4 is 11.6 Å². The minimum Gasteiger partial charge on any atom is -0.326 e. The highest BCUT2D eigenvalue weighted by molar-refractivity contribution is 5.90. The Bertz CT molecular complexity index is 436. The molecule has 0 unspecified atom stereocenters. The number of rotatable bonds is 6. The second-order valence-corrected chi connectivity index (χ2v) is 5.62. The predicted molar refractivity (Wildman–Crippen MR) is 87.6 cm³/mol. The number of nitrogens with one attached hydrogen (secondary N) is 1. The standard InChI is InChI=1S/C17H27N3O/c1-3-15-5-7-16(8-6-15)18-17(21)9-10-20-13-11-19(4-2)12-14-20/h5-8H,3-4,9-14H2,1-2H3,(H,18,21). The first-order valence-electron chi connectivity index (χ1n) is 8.04. The maximum atomic E-state index is 12.0. The minimum atomic E-state index is 0.108. The third-order valence-electron chi connectivity index (χ3n) is 4.21. The lowest BCUT2D eigenvalue weighted by Gasteiger charge is -2.33. The van der Waals surface area contributed by atoms with E-state index in [0.29, 0.717) is 6.42 Å². The number of hydrogen-bond acceptors (Lipinski definition) is 3. The Hall–Kier alpha value is -1.39. The molecule has 1 aliphatic heterocycles. The number of anilines is 1. The van der Waals surface area contributed by atoms with Gasteiger partial charge in [0, 0.05) is 44.8 Å². The molecule has 0 saturated carbocycles. The maximum Gasteiger partial charge on any atom is 0.225 e. The third kappa shape index (κ3) is 5.14. The molecule has 0 atom stereocenters. The van der Waals surface area contributed by atoms with Gasteiger partial charge in [-0.05, 0) is 30.7 Å². The van der Waals surface area contributed by atoms with Gasteiger partial charge >= 0.3 is 0 Å². The van der Waals surface area contributed by atoms with Crippen LogP contribution in [-0.4, -0.2) is 55.0 Å². The van der Waals surface area contributed by atoms with Gasteiger partial charge in [0.15, 0.2) is 0 Å². The van der Waals surface area contributed by atoms with Gasteiger partial charge in [-0.3, -0.25) is 4.79 Å². The highest BCUT2D eigenvalue weighted by Gasteiger charge is 2.15. The summed E-state index contributed by atoms with van der Waals surface area (Å²) in [5, 5.41) is 2.98. The summed E-state index contributed by atoms with van der Waals surface area (Å²) in [6.45, 7) is 10.7. The predicted octanol–water partition coefficient (Wildman–Crippen LogP) is 2.22. The topological polar surface area (TPSA) is 35.6 Å². The Morgan fingerprint density at radius 1 is 1.05 bits per heavy atom. The molecule has 1 aromatic carbocycles. The third-order valence-corrected chi connectivity index (χ3v) is 4.21. The molecule has 2 rings (SSSR count). The molecular formula is C17H27N3O. The molecule has 1 N–H and O–H groups in total. The van der Waals surface area contributed by atoms with Gasteiger partial charge in [-0.1, -0.05) is 26.0 Å². The monoisotopic (exact) mass is 289 g/mol. The first-order chi connectivity index (χ1) is 10.2. The van der Waals surface area contributed by atoms with E-state index in [4.69, 9.17) is 0 Å². The zero-order valence-corrected chi connectivity index (χ0v) is 13.3. The second kappa shape index (κ2) is 8.15. The van der Waals surface area contributed by atoms with E-state index in [-0.39, 0.29) is 5.91 Å². The Morgan fingerprint density at radius 2 is 1.67 bits per heavy atom. The molecule has 0 bridgehead atoms. The van der Waals surface area contributed by atoms with E-state index in [1.807, 2.05) is 12.1 Å². The van der Waals surface area contributed by atoms with E-state index in [9.17, 15) is 4.79 Å². The van der Waals surface area contributed by atoms with Gasteiger partial charge < -0.3 is 15.1 Å². The summed E-state index contributed by atoms with van der Waals surface area (Å²) in [7, 11) is 0. The van der Waals surface area contributed by atoms with Crippen LogP contribution in [0.15, 0.2) is 24.3 Å². The van der Waals surface area contributed by atoms with Gasteiger partial charge in [0.25, 0.3) is 0 Å². The van der Waals surface area contributed by atoms with Crippen LogP contribution in [0.1, 0.15) is 25.8 Å². The van der Waals surface area contributed by atoms with Gasteiger partial charge in [-0.2, -0.15) is 0 Å². The van der Waals surface area contributed by atoms with Crippen LogP contribution in [0.4, 0.5) is 5.69 Å². The van der Waals surface area contributed by atoms with Crippen LogP contribution < -0.4 is 5.32 Å². The van der Waals surface area contributed by atoms with Gasteiger partial charge in [-0.25, -0.2) is 0 Å². The number of aryl methyl sites for hydroxylation is 1. The smallest absolute Gasteiger partial charge is 0.225 e. The summed E-state index contributed by atoms with van der Waals surface area (Å²) in [6.07, 6.45) is 1.60. The van der Waals surface area contributed by atoms with Crippen molar-refractivity contribution in [1.29, 1.82) is 0 Å². The normalized spacial score (nSPS) is 16.9. The molecule has 1 fully saturated rings. The molecular weight excluding hydrogens is 262 g/mol. The molecule has 21 heavy (non-hydrogen) atoms. The second-order valence-electron chi connectivity index (χ2n) is 5.62. The SMILES string of the molecule is CCc1ccc(NC(=O)CCN2CCN(CC)CC2)cc1. The molecule has 0 radical (unpaired) electrons. The van der Waals surface area contributed by atoms with Crippen LogP contribution in [-0.2, 0) is 11.2 Å². The molecule has 1 aliphatic rings. The van der Waals surface area contributed by atoms with E-state index in [1.54, 1.807) is 0 Å². The molecule has 1 amide bonds. The molecule has 0 aromatic heterocycles. The van der Waals surface area contributed by atoms with Gasteiger partial charge in [0.1, 0.15) is 0 Å². The fraction of sp³-hybridized carbons (Fsp3) is 0.588. The van der Waals surface area contributed by atoms with Crippen molar-refractivity contribution in [2.45, 2.75) is 26.7 Å². The molecule has 4 nitrogen and oxygen atoms in total. The van der Waals surface area contributed by atoms with Gasteiger partial charge in [0.2, 0.25) is 5.91 Å².